The van der Waals surface area contributed by atoms with Gasteiger partial charge >= 0.3 is 0 Å². The monoisotopic (exact) mass is 346 g/mol. The predicted octanol–water partition coefficient (Wildman–Crippen LogP) is 2.18. The molecule has 2 aromatic carbocycles. The van der Waals surface area contributed by atoms with Gasteiger partial charge < -0.3 is 15.8 Å². The van der Waals surface area contributed by atoms with Gasteiger partial charge in [-0.05, 0) is 42.0 Å². The Morgan fingerprint density at radius 1 is 1.08 bits per heavy atom. The molecule has 0 aliphatic carbocycles. The summed E-state index contributed by atoms with van der Waals surface area (Å²) < 4.78 is 5.84. The number of benzene rings is 2. The molecule has 0 aliphatic rings. The number of rotatable bonds is 5. The lowest BCUT2D eigenvalue weighted by atomic mass is 10.2. The average molecular weight is 346 g/mol. The molecule has 5 nitrogen and oxygen atoms in total. The van der Waals surface area contributed by atoms with Crippen LogP contribution in [0.4, 0.5) is 5.82 Å². The van der Waals surface area contributed by atoms with Crippen molar-refractivity contribution in [2.75, 3.05) is 5.73 Å². The van der Waals surface area contributed by atoms with Crippen LogP contribution in [0.3, 0.4) is 0 Å². The Balaban J connectivity index is 1.66. The number of nitrogen functional groups attached to an aromatic ring is 1. The van der Waals surface area contributed by atoms with Crippen molar-refractivity contribution in [3.8, 4) is 11.5 Å². The zero-order valence-electron chi connectivity index (χ0n) is 13.4. The van der Waals surface area contributed by atoms with Crippen LogP contribution in [0.1, 0.15) is 15.9 Å². The van der Waals surface area contributed by atoms with Gasteiger partial charge in [0.15, 0.2) is 0 Å². The molecule has 3 rings (SSSR count). The molecule has 1 amide bonds. The molecule has 1 aromatic heterocycles. The van der Waals surface area contributed by atoms with Gasteiger partial charge in [-0.2, -0.15) is 0 Å². The second-order valence-corrected chi connectivity index (χ2v) is 5.97. The van der Waals surface area contributed by atoms with Gasteiger partial charge in [0.1, 0.15) is 17.3 Å². The minimum absolute atomic E-state index is 0.214. The van der Waals surface area contributed by atoms with E-state index in [4.69, 9.17) is 10.5 Å². The highest BCUT2D eigenvalue weighted by atomic mass is 28.1. The SMILES string of the molecule is Nc1ncccc1C(=O)NCc1cccc(Oc2cccc([Si])c2)c1. The van der Waals surface area contributed by atoms with Crippen molar-refractivity contribution in [2.24, 2.45) is 0 Å². The summed E-state index contributed by atoms with van der Waals surface area (Å²) in [4.78, 5) is 16.1. The summed E-state index contributed by atoms with van der Waals surface area (Å²) in [6, 6.07) is 18.5. The molecule has 123 valence electrons. The fourth-order valence-corrected chi connectivity index (χ4v) is 2.54. The van der Waals surface area contributed by atoms with E-state index in [-0.39, 0.29) is 11.7 Å². The zero-order chi connectivity index (χ0) is 17.6. The van der Waals surface area contributed by atoms with Crippen molar-refractivity contribution in [2.45, 2.75) is 6.54 Å². The van der Waals surface area contributed by atoms with Crippen LogP contribution in [0.2, 0.25) is 0 Å². The van der Waals surface area contributed by atoms with E-state index in [0.717, 1.165) is 16.5 Å². The van der Waals surface area contributed by atoms with Crippen molar-refractivity contribution < 1.29 is 9.53 Å². The largest absolute Gasteiger partial charge is 0.457 e. The number of aromatic nitrogens is 1. The fraction of sp³-hybridized carbons (Fsp3) is 0.0526. The summed E-state index contributed by atoms with van der Waals surface area (Å²) in [6.07, 6.45) is 1.55. The number of amides is 1. The van der Waals surface area contributed by atoms with Crippen LogP contribution < -0.4 is 21.0 Å². The maximum atomic E-state index is 12.2. The van der Waals surface area contributed by atoms with Crippen LogP contribution in [0.5, 0.6) is 11.5 Å². The van der Waals surface area contributed by atoms with Crippen LogP contribution in [-0.4, -0.2) is 21.1 Å². The van der Waals surface area contributed by atoms with Gasteiger partial charge in [-0.15, -0.1) is 0 Å². The molecule has 0 spiro atoms. The molecule has 3 N–H and O–H groups in total. The highest BCUT2D eigenvalue weighted by molar-refractivity contribution is 6.32. The molecule has 0 saturated carbocycles. The number of nitrogens with two attached hydrogens (primary N) is 1. The molecular weight excluding hydrogens is 330 g/mol. The number of hydrogen-bond donors (Lipinski definition) is 2. The topological polar surface area (TPSA) is 77.2 Å². The molecule has 0 aliphatic heterocycles. The standard InChI is InChI=1S/C19H16N3O2Si/c20-18-17(8-3-9-21-18)19(23)22-12-13-4-1-5-14(10-13)24-15-6-2-7-16(25)11-15/h1-11H,12H2,(H2,20,21)(H,22,23). The first-order valence-electron chi connectivity index (χ1n) is 7.69. The van der Waals surface area contributed by atoms with Crippen molar-refractivity contribution >= 4 is 27.2 Å². The lowest BCUT2D eigenvalue weighted by molar-refractivity contribution is 0.0951. The van der Waals surface area contributed by atoms with Gasteiger partial charge in [0.25, 0.3) is 5.91 Å². The van der Waals surface area contributed by atoms with E-state index >= 15 is 0 Å². The van der Waals surface area contributed by atoms with Gasteiger partial charge in [-0.3, -0.25) is 4.79 Å². The van der Waals surface area contributed by atoms with Crippen molar-refractivity contribution in [3.05, 3.63) is 78.0 Å². The smallest absolute Gasteiger partial charge is 0.255 e. The van der Waals surface area contributed by atoms with Crippen LogP contribution in [0.25, 0.3) is 0 Å². The molecule has 0 unspecified atom stereocenters. The third kappa shape index (κ3) is 4.45. The number of pyridine rings is 1. The Labute approximate surface area is 149 Å². The summed E-state index contributed by atoms with van der Waals surface area (Å²) in [5.41, 5.74) is 7.00. The number of carbonyl (C=O) groups excluding carboxylic acids is 1. The number of nitrogens with zero attached hydrogens (tertiary/aromatic N) is 1. The van der Waals surface area contributed by atoms with Crippen LogP contribution >= 0.6 is 0 Å². The number of ether oxygens (including phenoxy) is 1. The second-order valence-electron chi connectivity index (χ2n) is 5.40. The summed E-state index contributed by atoms with van der Waals surface area (Å²) in [6.45, 7) is 0.364. The lowest BCUT2D eigenvalue weighted by Gasteiger charge is -2.10. The maximum absolute atomic E-state index is 12.2. The second kappa shape index (κ2) is 7.63. The summed E-state index contributed by atoms with van der Waals surface area (Å²) in [5, 5.41) is 3.77. The molecule has 0 bridgehead atoms. The van der Waals surface area contributed by atoms with E-state index in [0.29, 0.717) is 17.9 Å². The van der Waals surface area contributed by atoms with E-state index in [1.54, 1.807) is 18.3 Å². The minimum atomic E-state index is -0.260. The first-order chi connectivity index (χ1) is 12.1. The van der Waals surface area contributed by atoms with Crippen molar-refractivity contribution in [3.63, 3.8) is 0 Å². The maximum Gasteiger partial charge on any atom is 0.255 e. The van der Waals surface area contributed by atoms with Crippen LogP contribution in [-0.2, 0) is 6.54 Å². The van der Waals surface area contributed by atoms with E-state index in [9.17, 15) is 4.79 Å². The predicted molar refractivity (Wildman–Crippen MR) is 98.2 cm³/mol. The van der Waals surface area contributed by atoms with Crippen molar-refractivity contribution in [1.29, 1.82) is 0 Å². The molecule has 3 aromatic rings. The molecule has 0 fully saturated rings. The molecule has 25 heavy (non-hydrogen) atoms. The molecule has 6 heteroatoms. The minimum Gasteiger partial charge on any atom is -0.457 e. The van der Waals surface area contributed by atoms with Crippen molar-refractivity contribution in [1.82, 2.24) is 10.3 Å². The van der Waals surface area contributed by atoms with Gasteiger partial charge in [0.2, 0.25) is 0 Å². The Kier molecular flexibility index (Phi) is 5.11. The number of hydrogen-bond acceptors (Lipinski definition) is 4. The Morgan fingerprint density at radius 3 is 2.60 bits per heavy atom. The third-order valence-electron chi connectivity index (χ3n) is 3.50. The summed E-state index contributed by atoms with van der Waals surface area (Å²) in [7, 11) is 3.47. The Morgan fingerprint density at radius 2 is 1.84 bits per heavy atom. The third-order valence-corrected chi connectivity index (χ3v) is 3.82. The van der Waals surface area contributed by atoms with Gasteiger partial charge in [0, 0.05) is 12.7 Å². The molecule has 0 atom stereocenters. The highest BCUT2D eigenvalue weighted by Crippen LogP contribution is 2.21. The summed E-state index contributed by atoms with van der Waals surface area (Å²) >= 11 is 0. The van der Waals surface area contributed by atoms with Crippen LogP contribution in [0.15, 0.2) is 66.9 Å². The van der Waals surface area contributed by atoms with Gasteiger partial charge in [-0.25, -0.2) is 4.98 Å². The van der Waals surface area contributed by atoms with Crippen LogP contribution in [0, 0.1) is 0 Å². The first-order valence-corrected chi connectivity index (χ1v) is 8.19. The fourth-order valence-electron chi connectivity index (χ4n) is 2.30. The lowest BCUT2D eigenvalue weighted by Crippen LogP contribution is -2.24. The van der Waals surface area contributed by atoms with E-state index in [1.165, 1.54) is 0 Å². The quantitative estimate of drug-likeness (QED) is 0.694. The van der Waals surface area contributed by atoms with E-state index in [2.05, 4.69) is 20.5 Å². The molecular formula is C19H16N3O2Si. The summed E-state index contributed by atoms with van der Waals surface area (Å²) in [5.74, 6) is 1.39. The number of carbonyl (C=O) groups is 1. The molecule has 1 heterocycles. The van der Waals surface area contributed by atoms with Gasteiger partial charge in [0.05, 0.1) is 15.8 Å². The molecule has 0 saturated heterocycles. The number of anilines is 1. The Bertz CT molecular complexity index is 899. The Hall–Kier alpha value is -3.12. The van der Waals surface area contributed by atoms with E-state index < -0.39 is 0 Å². The zero-order valence-corrected chi connectivity index (χ0v) is 14.4. The number of nitrogens with one attached hydrogen (secondary N) is 1. The molecule has 3 radical (unpaired) electrons. The highest BCUT2D eigenvalue weighted by Gasteiger charge is 2.09. The van der Waals surface area contributed by atoms with E-state index in [1.807, 2.05) is 48.5 Å². The first kappa shape index (κ1) is 16.7. The van der Waals surface area contributed by atoms with Gasteiger partial charge in [-0.1, -0.05) is 29.5 Å². The average Bonchev–Trinajstić information content (AvgIpc) is 2.60. The normalized spacial score (nSPS) is 10.3.